The molecule has 0 bridgehead atoms. The molecule has 2 aromatic rings. The van der Waals surface area contributed by atoms with E-state index in [1.165, 1.54) is 0 Å². The molecule has 0 heterocycles. The van der Waals surface area contributed by atoms with Crippen LogP contribution in [0.5, 0.6) is 11.5 Å². The summed E-state index contributed by atoms with van der Waals surface area (Å²) in [6.45, 7) is 9.59. The van der Waals surface area contributed by atoms with Crippen LogP contribution in [0.1, 0.15) is 51.7 Å². The number of rotatable bonds is 13. The first-order chi connectivity index (χ1) is 15.9. The highest BCUT2D eigenvalue weighted by Gasteiger charge is 2.28. The van der Waals surface area contributed by atoms with Crippen molar-refractivity contribution in [2.45, 2.75) is 59.5 Å². The summed E-state index contributed by atoms with van der Waals surface area (Å²) in [5.74, 6) is 1.16. The third-order valence-electron chi connectivity index (χ3n) is 5.24. The average Bonchev–Trinajstić information content (AvgIpc) is 2.80. The van der Waals surface area contributed by atoms with Crippen molar-refractivity contribution in [3.05, 3.63) is 58.6 Å². The van der Waals surface area contributed by atoms with E-state index in [0.717, 1.165) is 11.1 Å². The molecular formula is C26H35ClN2O4. The van der Waals surface area contributed by atoms with Crippen LogP contribution in [0.3, 0.4) is 0 Å². The summed E-state index contributed by atoms with van der Waals surface area (Å²) in [7, 11) is 0. The second-order valence-electron chi connectivity index (χ2n) is 7.61. The van der Waals surface area contributed by atoms with E-state index in [9.17, 15) is 9.59 Å². The number of aryl methyl sites for hydroxylation is 1. The van der Waals surface area contributed by atoms with E-state index in [4.69, 9.17) is 21.1 Å². The monoisotopic (exact) mass is 474 g/mol. The summed E-state index contributed by atoms with van der Waals surface area (Å²) in [5.41, 5.74) is 1.91. The Morgan fingerprint density at radius 2 is 1.58 bits per heavy atom. The van der Waals surface area contributed by atoms with Gasteiger partial charge in [0.1, 0.15) is 6.04 Å². The largest absolute Gasteiger partial charge is 0.490 e. The molecule has 0 aliphatic rings. The maximum Gasteiger partial charge on any atom is 0.242 e. The van der Waals surface area contributed by atoms with Crippen LogP contribution in [0, 0.1) is 0 Å². The van der Waals surface area contributed by atoms with Crippen molar-refractivity contribution in [3.8, 4) is 11.5 Å². The lowest BCUT2D eigenvalue weighted by molar-refractivity contribution is -0.141. The van der Waals surface area contributed by atoms with E-state index >= 15 is 0 Å². The lowest BCUT2D eigenvalue weighted by Crippen LogP contribution is -2.49. The van der Waals surface area contributed by atoms with Gasteiger partial charge in [-0.05, 0) is 69.0 Å². The highest BCUT2D eigenvalue weighted by atomic mass is 35.5. The van der Waals surface area contributed by atoms with Gasteiger partial charge in [0.2, 0.25) is 11.8 Å². The molecule has 33 heavy (non-hydrogen) atoms. The molecule has 1 atom stereocenters. The molecule has 1 N–H and O–H groups in total. The molecule has 0 aliphatic heterocycles. The van der Waals surface area contributed by atoms with Crippen LogP contribution in [-0.2, 0) is 22.6 Å². The number of halogens is 1. The highest BCUT2D eigenvalue weighted by Crippen LogP contribution is 2.29. The van der Waals surface area contributed by atoms with Gasteiger partial charge < -0.3 is 19.7 Å². The van der Waals surface area contributed by atoms with Gasteiger partial charge in [0.05, 0.1) is 13.2 Å². The second kappa shape index (κ2) is 13.7. The Hall–Kier alpha value is -2.73. The number of carbonyl (C=O) groups excluding carboxylic acids is 2. The summed E-state index contributed by atoms with van der Waals surface area (Å²) in [4.78, 5) is 27.7. The molecule has 0 radical (unpaired) electrons. The summed E-state index contributed by atoms with van der Waals surface area (Å²) in [6.07, 6.45) is 1.35. The number of hydrogen-bond acceptors (Lipinski definition) is 4. The minimum absolute atomic E-state index is 0.0742. The zero-order valence-corrected chi connectivity index (χ0v) is 20.8. The maximum atomic E-state index is 13.3. The minimum atomic E-state index is -0.535. The molecule has 7 heteroatoms. The Morgan fingerprint density at radius 3 is 2.18 bits per heavy atom. The summed E-state index contributed by atoms with van der Waals surface area (Å²) in [6, 6.07) is 12.6. The molecule has 0 unspecified atom stereocenters. The van der Waals surface area contributed by atoms with Crippen LogP contribution in [-0.4, -0.2) is 42.5 Å². The maximum absolute atomic E-state index is 13.3. The first-order valence-corrected chi connectivity index (χ1v) is 12.0. The van der Waals surface area contributed by atoms with Crippen LogP contribution in [0.2, 0.25) is 5.02 Å². The second-order valence-corrected chi connectivity index (χ2v) is 8.05. The lowest BCUT2D eigenvalue weighted by atomic mass is 10.1. The smallest absolute Gasteiger partial charge is 0.242 e. The van der Waals surface area contributed by atoms with Gasteiger partial charge in [0.15, 0.2) is 11.5 Å². The van der Waals surface area contributed by atoms with Gasteiger partial charge in [0, 0.05) is 24.5 Å². The van der Waals surface area contributed by atoms with Crippen molar-refractivity contribution in [1.82, 2.24) is 10.2 Å². The van der Waals surface area contributed by atoms with Crippen LogP contribution in [0.15, 0.2) is 42.5 Å². The predicted molar refractivity (Wildman–Crippen MR) is 132 cm³/mol. The molecule has 0 aliphatic carbocycles. The molecule has 2 aromatic carbocycles. The average molecular weight is 475 g/mol. The Kier molecular flexibility index (Phi) is 11.0. The number of nitrogens with one attached hydrogen (secondary N) is 1. The summed E-state index contributed by atoms with van der Waals surface area (Å²) in [5, 5.41) is 3.49. The van der Waals surface area contributed by atoms with Gasteiger partial charge >= 0.3 is 0 Å². The van der Waals surface area contributed by atoms with Crippen molar-refractivity contribution in [1.29, 1.82) is 0 Å². The molecule has 0 saturated heterocycles. The van der Waals surface area contributed by atoms with E-state index in [0.29, 0.717) is 55.7 Å². The molecule has 2 rings (SSSR count). The first kappa shape index (κ1) is 26.5. The van der Waals surface area contributed by atoms with Crippen molar-refractivity contribution < 1.29 is 19.1 Å². The van der Waals surface area contributed by atoms with E-state index in [1.54, 1.807) is 17.0 Å². The van der Waals surface area contributed by atoms with Gasteiger partial charge in [-0.15, -0.1) is 0 Å². The number of hydrogen-bond donors (Lipinski definition) is 1. The zero-order chi connectivity index (χ0) is 24.2. The Morgan fingerprint density at radius 1 is 0.939 bits per heavy atom. The van der Waals surface area contributed by atoms with E-state index in [2.05, 4.69) is 5.32 Å². The lowest BCUT2D eigenvalue weighted by Gasteiger charge is -2.30. The SMILES string of the molecule is CCNC(=O)[C@H](CC)N(Cc1ccc(Cl)cc1)C(=O)CCc1ccc(OCC)c(OCC)c1. The molecule has 0 aromatic heterocycles. The van der Waals surface area contributed by atoms with Crippen molar-refractivity contribution in [3.63, 3.8) is 0 Å². The molecule has 2 amide bonds. The summed E-state index contributed by atoms with van der Waals surface area (Å²) < 4.78 is 11.3. The highest BCUT2D eigenvalue weighted by molar-refractivity contribution is 6.30. The predicted octanol–water partition coefficient (Wildman–Crippen LogP) is 5.01. The molecule has 6 nitrogen and oxygen atoms in total. The number of amides is 2. The molecule has 0 spiro atoms. The Labute approximate surface area is 202 Å². The van der Waals surface area contributed by atoms with Crippen molar-refractivity contribution in [2.24, 2.45) is 0 Å². The van der Waals surface area contributed by atoms with Gasteiger partial charge in [-0.3, -0.25) is 9.59 Å². The molecule has 180 valence electrons. The normalized spacial score (nSPS) is 11.5. The third kappa shape index (κ3) is 7.97. The molecule has 0 fully saturated rings. The third-order valence-corrected chi connectivity index (χ3v) is 5.49. The van der Waals surface area contributed by atoms with Gasteiger partial charge in [0.25, 0.3) is 0 Å². The van der Waals surface area contributed by atoms with Gasteiger partial charge in [-0.2, -0.15) is 0 Å². The first-order valence-electron chi connectivity index (χ1n) is 11.6. The fraction of sp³-hybridized carbons (Fsp3) is 0.462. The number of likely N-dealkylation sites (N-methyl/N-ethyl adjacent to an activating group) is 1. The van der Waals surface area contributed by atoms with Crippen molar-refractivity contribution in [2.75, 3.05) is 19.8 Å². The van der Waals surface area contributed by atoms with Crippen LogP contribution in [0.4, 0.5) is 0 Å². The van der Waals surface area contributed by atoms with E-state index < -0.39 is 6.04 Å². The Bertz CT molecular complexity index is 902. The van der Waals surface area contributed by atoms with Crippen LogP contribution in [0.25, 0.3) is 0 Å². The quantitative estimate of drug-likeness (QED) is 0.443. The standard InChI is InChI=1S/C26H35ClN2O4/c1-5-22(26(31)28-6-2)29(18-20-9-13-21(27)14-10-20)25(30)16-12-19-11-15-23(32-7-3)24(17-19)33-8-4/h9-11,13-15,17,22H,5-8,12,16,18H2,1-4H3,(H,28,31)/t22-/m0/s1. The number of ether oxygens (including phenoxy) is 2. The number of benzene rings is 2. The van der Waals surface area contributed by atoms with Crippen LogP contribution < -0.4 is 14.8 Å². The van der Waals surface area contributed by atoms with Crippen molar-refractivity contribution >= 4 is 23.4 Å². The van der Waals surface area contributed by atoms with Crippen LogP contribution >= 0.6 is 11.6 Å². The van der Waals surface area contributed by atoms with E-state index in [-0.39, 0.29) is 18.2 Å². The number of carbonyl (C=O) groups is 2. The van der Waals surface area contributed by atoms with Gasteiger partial charge in [-0.25, -0.2) is 0 Å². The van der Waals surface area contributed by atoms with E-state index in [1.807, 2.05) is 58.0 Å². The fourth-order valence-electron chi connectivity index (χ4n) is 3.64. The zero-order valence-electron chi connectivity index (χ0n) is 20.0. The minimum Gasteiger partial charge on any atom is -0.490 e. The Balaban J connectivity index is 2.20. The fourth-order valence-corrected chi connectivity index (χ4v) is 3.77. The summed E-state index contributed by atoms with van der Waals surface area (Å²) >= 11 is 6.01. The molecular weight excluding hydrogens is 440 g/mol. The molecule has 0 saturated carbocycles. The number of nitrogens with zero attached hydrogens (tertiary/aromatic N) is 1. The topological polar surface area (TPSA) is 67.9 Å². The van der Waals surface area contributed by atoms with Gasteiger partial charge in [-0.1, -0.05) is 36.7 Å².